The van der Waals surface area contributed by atoms with E-state index in [4.69, 9.17) is 10.2 Å². The van der Waals surface area contributed by atoms with Gasteiger partial charge in [0.2, 0.25) is 5.91 Å². The van der Waals surface area contributed by atoms with E-state index in [0.29, 0.717) is 28.5 Å². The van der Waals surface area contributed by atoms with Crippen LogP contribution in [0.25, 0.3) is 10.2 Å². The molecule has 0 spiro atoms. The molecule has 3 aromatic rings. The van der Waals surface area contributed by atoms with Gasteiger partial charge in [-0.1, -0.05) is 23.9 Å². The Morgan fingerprint density at radius 2 is 1.97 bits per heavy atom. The lowest BCUT2D eigenvalue weighted by atomic mass is 10.1. The zero-order valence-corrected chi connectivity index (χ0v) is 20.4. The van der Waals surface area contributed by atoms with E-state index in [1.807, 2.05) is 45.9 Å². The molecular weight excluding hydrogens is 440 g/mol. The number of allylic oxidation sites excluding steroid dienone is 1. The summed E-state index contributed by atoms with van der Waals surface area (Å²) in [4.78, 5) is 34.4. The number of aryl methyl sites for hydroxylation is 4. The van der Waals surface area contributed by atoms with E-state index < -0.39 is 0 Å². The molecule has 6 nitrogen and oxygen atoms in total. The molecule has 3 rings (SSSR count). The molecule has 2 aromatic heterocycles. The second-order valence-electron chi connectivity index (χ2n) is 7.65. The van der Waals surface area contributed by atoms with E-state index in [0.717, 1.165) is 27.3 Å². The van der Waals surface area contributed by atoms with Gasteiger partial charge in [0, 0.05) is 23.7 Å². The maximum atomic E-state index is 13.2. The maximum absolute atomic E-state index is 13.2. The Morgan fingerprint density at radius 1 is 1.28 bits per heavy atom. The Bertz CT molecular complexity index is 1260. The molecule has 0 saturated heterocycles. The molecular formula is C24H26N4O2S2. The van der Waals surface area contributed by atoms with Crippen LogP contribution < -0.4 is 10.5 Å². The Labute approximate surface area is 196 Å². The zero-order chi connectivity index (χ0) is 23.4. The summed E-state index contributed by atoms with van der Waals surface area (Å²) in [5.41, 5.74) is 3.73. The molecule has 0 N–H and O–H groups in total. The van der Waals surface area contributed by atoms with Crippen molar-refractivity contribution in [2.75, 3.05) is 17.2 Å². The lowest BCUT2D eigenvalue weighted by Crippen LogP contribution is -2.33. The Balaban J connectivity index is 1.93. The van der Waals surface area contributed by atoms with Crippen molar-refractivity contribution in [3.8, 4) is 6.07 Å². The van der Waals surface area contributed by atoms with Gasteiger partial charge in [0.25, 0.3) is 5.56 Å². The summed E-state index contributed by atoms with van der Waals surface area (Å²) >= 11 is 2.73. The largest absolute Gasteiger partial charge is 0.311 e. The van der Waals surface area contributed by atoms with Crippen LogP contribution in [0, 0.1) is 39.0 Å². The van der Waals surface area contributed by atoms with E-state index in [1.54, 1.807) is 15.5 Å². The van der Waals surface area contributed by atoms with E-state index in [9.17, 15) is 9.59 Å². The fraction of sp³-hybridized carbons (Fsp3) is 0.333. The minimum absolute atomic E-state index is 0.108. The zero-order valence-electron chi connectivity index (χ0n) is 18.8. The minimum atomic E-state index is -0.131. The summed E-state index contributed by atoms with van der Waals surface area (Å²) < 4.78 is 1.57. The van der Waals surface area contributed by atoms with Gasteiger partial charge in [-0.25, -0.2) is 4.98 Å². The van der Waals surface area contributed by atoms with Crippen molar-refractivity contribution in [1.82, 2.24) is 9.55 Å². The van der Waals surface area contributed by atoms with Gasteiger partial charge in [0.05, 0.1) is 23.6 Å². The highest BCUT2D eigenvalue weighted by atomic mass is 32.2. The van der Waals surface area contributed by atoms with Gasteiger partial charge >= 0.3 is 0 Å². The van der Waals surface area contributed by atoms with Crippen molar-refractivity contribution in [2.24, 2.45) is 0 Å². The van der Waals surface area contributed by atoms with Crippen LogP contribution in [0.15, 0.2) is 40.8 Å². The number of hydrogen-bond donors (Lipinski definition) is 0. The quantitative estimate of drug-likeness (QED) is 0.268. The molecule has 0 aliphatic rings. The molecule has 1 amide bonds. The number of benzene rings is 1. The highest BCUT2D eigenvalue weighted by molar-refractivity contribution is 7.99. The molecule has 8 heteroatoms. The maximum Gasteiger partial charge on any atom is 0.263 e. The summed E-state index contributed by atoms with van der Waals surface area (Å²) in [6.45, 7) is 12.3. The lowest BCUT2D eigenvalue weighted by molar-refractivity contribution is -0.116. The number of thioether (sulfide) groups is 1. The number of aromatic nitrogens is 2. The number of fused-ring (bicyclic) bond motifs is 1. The second kappa shape index (κ2) is 10.2. The van der Waals surface area contributed by atoms with Gasteiger partial charge in [0.15, 0.2) is 5.16 Å². The normalized spacial score (nSPS) is 10.8. The Hall–Kier alpha value is -2.89. The molecule has 32 heavy (non-hydrogen) atoms. The molecule has 0 unspecified atom stereocenters. The topological polar surface area (TPSA) is 79.0 Å². The minimum Gasteiger partial charge on any atom is -0.311 e. The van der Waals surface area contributed by atoms with Gasteiger partial charge < -0.3 is 4.90 Å². The molecule has 0 aliphatic heterocycles. The van der Waals surface area contributed by atoms with Gasteiger partial charge in [-0.05, 0) is 56.5 Å². The van der Waals surface area contributed by atoms with Crippen LogP contribution >= 0.6 is 23.1 Å². The van der Waals surface area contributed by atoms with Crippen molar-refractivity contribution in [1.29, 1.82) is 5.26 Å². The number of rotatable bonds is 8. The van der Waals surface area contributed by atoms with Crippen LogP contribution in [0.5, 0.6) is 0 Å². The standard InChI is InChI=1S/C24H26N4O2S2/c1-6-9-28-23(30)21-17(4)18(5)32-22(21)26-24(28)31-14-20(29)27(10-7-8-25)19-12-15(2)11-16(3)13-19/h6,11-13H,1,7,9-10,14H2,2-5H3. The van der Waals surface area contributed by atoms with Crippen molar-refractivity contribution in [2.45, 2.75) is 45.8 Å². The molecule has 2 heterocycles. The van der Waals surface area contributed by atoms with Crippen molar-refractivity contribution < 1.29 is 4.79 Å². The number of carbonyl (C=O) groups is 1. The molecule has 0 atom stereocenters. The average molecular weight is 467 g/mol. The third-order valence-corrected chi connectivity index (χ3v) is 7.22. The summed E-state index contributed by atoms with van der Waals surface area (Å²) in [5.74, 6) is -0.0232. The monoisotopic (exact) mass is 466 g/mol. The highest BCUT2D eigenvalue weighted by Gasteiger charge is 2.20. The molecule has 0 aliphatic carbocycles. The first-order valence-electron chi connectivity index (χ1n) is 10.3. The molecule has 0 radical (unpaired) electrons. The first kappa shape index (κ1) is 23.8. The molecule has 0 bridgehead atoms. The second-order valence-corrected chi connectivity index (χ2v) is 9.80. The number of anilines is 1. The first-order valence-corrected chi connectivity index (χ1v) is 12.1. The summed E-state index contributed by atoms with van der Waals surface area (Å²) in [7, 11) is 0. The molecule has 166 valence electrons. The van der Waals surface area contributed by atoms with E-state index in [1.165, 1.54) is 23.1 Å². The smallest absolute Gasteiger partial charge is 0.263 e. The number of hydrogen-bond acceptors (Lipinski definition) is 6. The van der Waals surface area contributed by atoms with Gasteiger partial charge in [-0.3, -0.25) is 14.2 Å². The predicted molar refractivity (Wildman–Crippen MR) is 133 cm³/mol. The Morgan fingerprint density at radius 3 is 2.59 bits per heavy atom. The fourth-order valence-electron chi connectivity index (χ4n) is 3.58. The van der Waals surface area contributed by atoms with Gasteiger partial charge in [0.1, 0.15) is 4.83 Å². The third-order valence-electron chi connectivity index (χ3n) is 5.16. The number of amides is 1. The highest BCUT2D eigenvalue weighted by Crippen LogP contribution is 2.29. The first-order chi connectivity index (χ1) is 15.3. The summed E-state index contributed by atoms with van der Waals surface area (Å²) in [6.07, 6.45) is 1.90. The van der Waals surface area contributed by atoms with E-state index >= 15 is 0 Å². The van der Waals surface area contributed by atoms with Crippen LogP contribution in [0.4, 0.5) is 5.69 Å². The molecule has 1 aromatic carbocycles. The van der Waals surface area contributed by atoms with Crippen LogP contribution in [-0.4, -0.2) is 27.8 Å². The molecule has 0 saturated carbocycles. The van der Waals surface area contributed by atoms with Crippen molar-refractivity contribution >= 4 is 44.9 Å². The summed E-state index contributed by atoms with van der Waals surface area (Å²) in [6, 6.07) is 8.06. The summed E-state index contributed by atoms with van der Waals surface area (Å²) in [5, 5.41) is 10.2. The van der Waals surface area contributed by atoms with Gasteiger partial charge in [-0.2, -0.15) is 5.26 Å². The lowest BCUT2D eigenvalue weighted by Gasteiger charge is -2.23. The van der Waals surface area contributed by atoms with Crippen LogP contribution in [0.1, 0.15) is 28.0 Å². The number of thiophene rings is 1. The van der Waals surface area contributed by atoms with E-state index in [2.05, 4.69) is 12.6 Å². The van der Waals surface area contributed by atoms with Crippen LogP contribution in [0.3, 0.4) is 0 Å². The number of nitrogens with zero attached hydrogens (tertiary/aromatic N) is 4. The van der Waals surface area contributed by atoms with Crippen molar-refractivity contribution in [3.63, 3.8) is 0 Å². The Kier molecular flexibility index (Phi) is 7.54. The van der Waals surface area contributed by atoms with Crippen LogP contribution in [0.2, 0.25) is 0 Å². The third kappa shape index (κ3) is 4.95. The van der Waals surface area contributed by atoms with E-state index in [-0.39, 0.29) is 23.6 Å². The van der Waals surface area contributed by atoms with Crippen molar-refractivity contribution in [3.05, 3.63) is 62.8 Å². The van der Waals surface area contributed by atoms with Crippen LogP contribution in [-0.2, 0) is 11.3 Å². The number of nitriles is 1. The predicted octanol–water partition coefficient (Wildman–Crippen LogP) is 4.92. The van der Waals surface area contributed by atoms with Gasteiger partial charge in [-0.15, -0.1) is 17.9 Å². The molecule has 0 fully saturated rings. The fourth-order valence-corrected chi connectivity index (χ4v) is 5.53. The SMILES string of the molecule is C=CCn1c(SCC(=O)N(CCC#N)c2cc(C)cc(C)c2)nc2sc(C)c(C)c2c1=O. The average Bonchev–Trinajstić information content (AvgIpc) is 3.02. The number of carbonyl (C=O) groups excluding carboxylic acids is 1.